The van der Waals surface area contributed by atoms with Crippen LogP contribution in [0.3, 0.4) is 0 Å². The van der Waals surface area contributed by atoms with Crippen molar-refractivity contribution in [2.75, 3.05) is 5.73 Å². The molecule has 2 N–H and O–H groups in total. The highest BCUT2D eigenvalue weighted by Crippen LogP contribution is 2.28. The van der Waals surface area contributed by atoms with Gasteiger partial charge in [-0.15, -0.1) is 5.10 Å². The highest BCUT2D eigenvalue weighted by atomic mass is 79.9. The minimum absolute atomic E-state index is 0.0491. The van der Waals surface area contributed by atoms with Gasteiger partial charge in [0.1, 0.15) is 12.4 Å². The van der Waals surface area contributed by atoms with Gasteiger partial charge in [-0.1, -0.05) is 53.6 Å². The Balaban J connectivity index is 1.49. The van der Waals surface area contributed by atoms with Gasteiger partial charge in [-0.05, 0) is 56.0 Å². The highest BCUT2D eigenvalue weighted by molar-refractivity contribution is 9.10. The molecule has 0 saturated carbocycles. The fourth-order valence-electron chi connectivity index (χ4n) is 2.79. The minimum Gasteiger partial charge on any atom is -0.488 e. The van der Waals surface area contributed by atoms with E-state index in [1.165, 1.54) is 10.8 Å². The number of benzene rings is 3. The average Bonchev–Trinajstić information content (AvgIpc) is 3.11. The van der Waals surface area contributed by atoms with E-state index in [0.29, 0.717) is 12.5 Å². The normalized spacial score (nSPS) is 11.3. The van der Waals surface area contributed by atoms with Crippen LogP contribution in [0, 0.1) is 0 Å². The number of nitrogen functional groups attached to an aromatic ring is 1. The number of nitrogens with two attached hydrogens (primary N) is 1. The summed E-state index contributed by atoms with van der Waals surface area (Å²) in [6, 6.07) is 20.4. The smallest absolute Gasteiger partial charge is 0.313 e. The molecule has 6 heteroatoms. The predicted molar refractivity (Wildman–Crippen MR) is 110 cm³/mol. The summed E-state index contributed by atoms with van der Waals surface area (Å²) < 4.78 is 12.0. The van der Waals surface area contributed by atoms with Gasteiger partial charge < -0.3 is 14.9 Å². The van der Waals surface area contributed by atoms with Gasteiger partial charge in [0, 0.05) is 6.08 Å². The Labute approximate surface area is 164 Å². The van der Waals surface area contributed by atoms with Crippen molar-refractivity contribution in [2.24, 2.45) is 0 Å². The first-order valence-corrected chi connectivity index (χ1v) is 9.14. The monoisotopic (exact) mass is 421 g/mol. The van der Waals surface area contributed by atoms with E-state index in [1.807, 2.05) is 42.5 Å². The molecule has 0 fully saturated rings. The van der Waals surface area contributed by atoms with E-state index in [9.17, 15) is 0 Å². The summed E-state index contributed by atoms with van der Waals surface area (Å²) in [6.45, 7) is 0.496. The number of hydrogen-bond acceptors (Lipinski definition) is 5. The van der Waals surface area contributed by atoms with Crippen molar-refractivity contribution in [3.63, 3.8) is 0 Å². The van der Waals surface area contributed by atoms with Gasteiger partial charge in [-0.2, -0.15) is 0 Å². The number of aromatic nitrogens is 2. The Bertz CT molecular complexity index is 1120. The lowest BCUT2D eigenvalue weighted by molar-refractivity contribution is 0.305. The van der Waals surface area contributed by atoms with Crippen LogP contribution in [0.4, 0.5) is 6.01 Å². The Morgan fingerprint density at radius 3 is 2.67 bits per heavy atom. The topological polar surface area (TPSA) is 74.2 Å². The number of halogens is 1. The molecule has 0 aliphatic carbocycles. The summed E-state index contributed by atoms with van der Waals surface area (Å²) >= 11 is 3.57. The number of fused-ring (bicyclic) bond motifs is 1. The number of hydrogen-bond donors (Lipinski definition) is 1. The molecule has 0 amide bonds. The summed E-state index contributed by atoms with van der Waals surface area (Å²) in [7, 11) is 0. The summed E-state index contributed by atoms with van der Waals surface area (Å²) in [5.74, 6) is 1.14. The fourth-order valence-corrected chi connectivity index (χ4v) is 3.30. The Kier molecular flexibility index (Phi) is 4.89. The molecule has 134 valence electrons. The molecule has 5 nitrogen and oxygen atoms in total. The van der Waals surface area contributed by atoms with Crippen molar-refractivity contribution >= 4 is 44.9 Å². The Morgan fingerprint density at radius 2 is 1.85 bits per heavy atom. The SMILES string of the molecule is Nc1nnc(/C=C/c2ccc(OCc3cccc4ccccc34)c(Br)c2)o1. The van der Waals surface area contributed by atoms with E-state index in [1.54, 1.807) is 6.08 Å². The zero-order chi connectivity index (χ0) is 18.6. The third kappa shape index (κ3) is 4.01. The fraction of sp³-hybridized carbons (Fsp3) is 0.0476. The quantitative estimate of drug-likeness (QED) is 0.472. The number of nitrogens with zero attached hydrogens (tertiary/aromatic N) is 2. The van der Waals surface area contributed by atoms with Gasteiger partial charge in [0.15, 0.2) is 0 Å². The van der Waals surface area contributed by atoms with E-state index >= 15 is 0 Å². The van der Waals surface area contributed by atoms with E-state index in [0.717, 1.165) is 21.3 Å². The molecule has 4 rings (SSSR count). The van der Waals surface area contributed by atoms with Gasteiger partial charge in [0.25, 0.3) is 0 Å². The molecule has 3 aromatic carbocycles. The lowest BCUT2D eigenvalue weighted by atomic mass is 10.1. The van der Waals surface area contributed by atoms with Crippen molar-refractivity contribution in [1.82, 2.24) is 10.2 Å². The molecule has 4 aromatic rings. The third-order valence-electron chi connectivity index (χ3n) is 4.09. The van der Waals surface area contributed by atoms with Gasteiger partial charge in [-0.25, -0.2) is 0 Å². The van der Waals surface area contributed by atoms with E-state index < -0.39 is 0 Å². The van der Waals surface area contributed by atoms with Crippen LogP contribution in [-0.4, -0.2) is 10.2 Å². The zero-order valence-corrected chi connectivity index (χ0v) is 15.9. The number of anilines is 1. The van der Waals surface area contributed by atoms with Crippen LogP contribution in [0.2, 0.25) is 0 Å². The molecule has 0 spiro atoms. The maximum absolute atomic E-state index is 6.02. The Morgan fingerprint density at radius 1 is 1.00 bits per heavy atom. The molecule has 0 saturated heterocycles. The van der Waals surface area contributed by atoms with Gasteiger partial charge in [0.2, 0.25) is 5.89 Å². The van der Waals surface area contributed by atoms with Crippen LogP contribution in [0.25, 0.3) is 22.9 Å². The lowest BCUT2D eigenvalue weighted by Crippen LogP contribution is -1.97. The van der Waals surface area contributed by atoms with E-state index in [-0.39, 0.29) is 6.01 Å². The average molecular weight is 422 g/mol. The summed E-state index contributed by atoms with van der Waals surface area (Å²) in [4.78, 5) is 0. The van der Waals surface area contributed by atoms with Crippen molar-refractivity contribution in [1.29, 1.82) is 0 Å². The first-order chi connectivity index (χ1) is 13.2. The molecular weight excluding hydrogens is 406 g/mol. The van der Waals surface area contributed by atoms with Crippen LogP contribution in [0.15, 0.2) is 69.6 Å². The second-order valence-electron chi connectivity index (χ2n) is 5.93. The van der Waals surface area contributed by atoms with Crippen LogP contribution in [-0.2, 0) is 6.61 Å². The largest absolute Gasteiger partial charge is 0.488 e. The van der Waals surface area contributed by atoms with Crippen LogP contribution >= 0.6 is 15.9 Å². The first-order valence-electron chi connectivity index (χ1n) is 8.35. The second-order valence-corrected chi connectivity index (χ2v) is 6.78. The maximum atomic E-state index is 6.02. The number of ether oxygens (including phenoxy) is 1. The van der Waals surface area contributed by atoms with Crippen LogP contribution < -0.4 is 10.5 Å². The predicted octanol–water partition coefficient (Wildman–Crippen LogP) is 5.32. The Hall–Kier alpha value is -3.12. The van der Waals surface area contributed by atoms with Crippen LogP contribution in [0.5, 0.6) is 5.75 Å². The zero-order valence-electron chi connectivity index (χ0n) is 14.3. The molecule has 0 atom stereocenters. The maximum Gasteiger partial charge on any atom is 0.313 e. The second kappa shape index (κ2) is 7.63. The van der Waals surface area contributed by atoms with Crippen molar-refractivity contribution in [3.8, 4) is 5.75 Å². The number of rotatable bonds is 5. The standard InChI is InChI=1S/C21H16BrN3O2/c22-18-12-14(9-11-20-24-25-21(23)27-20)8-10-19(18)26-13-16-6-3-5-15-4-1-2-7-17(15)16/h1-12H,13H2,(H2,23,25)/b11-9+. The molecular formula is C21H16BrN3O2. The molecule has 0 aliphatic heterocycles. The highest BCUT2D eigenvalue weighted by Gasteiger charge is 2.05. The molecule has 0 aliphatic rings. The molecule has 0 radical (unpaired) electrons. The van der Waals surface area contributed by atoms with E-state index in [4.69, 9.17) is 14.9 Å². The first kappa shape index (κ1) is 17.3. The minimum atomic E-state index is 0.0491. The lowest BCUT2D eigenvalue weighted by Gasteiger charge is -2.11. The molecule has 0 bridgehead atoms. The molecule has 1 heterocycles. The molecule has 0 unspecified atom stereocenters. The molecule has 27 heavy (non-hydrogen) atoms. The van der Waals surface area contributed by atoms with Crippen molar-refractivity contribution in [2.45, 2.75) is 6.61 Å². The summed E-state index contributed by atoms with van der Waals surface area (Å²) in [5.41, 5.74) is 7.53. The third-order valence-corrected chi connectivity index (χ3v) is 4.71. The van der Waals surface area contributed by atoms with E-state index in [2.05, 4.69) is 50.4 Å². The summed E-state index contributed by atoms with van der Waals surface area (Å²) in [6.07, 6.45) is 3.58. The van der Waals surface area contributed by atoms with Crippen molar-refractivity contribution < 1.29 is 9.15 Å². The van der Waals surface area contributed by atoms with Gasteiger partial charge >= 0.3 is 6.01 Å². The van der Waals surface area contributed by atoms with Gasteiger partial charge in [-0.3, -0.25) is 0 Å². The van der Waals surface area contributed by atoms with Crippen molar-refractivity contribution in [3.05, 3.63) is 82.2 Å². The van der Waals surface area contributed by atoms with Crippen LogP contribution in [0.1, 0.15) is 17.0 Å². The van der Waals surface area contributed by atoms with Gasteiger partial charge in [0.05, 0.1) is 4.47 Å². The summed E-state index contributed by atoms with van der Waals surface area (Å²) in [5, 5.41) is 9.82. The molecule has 1 aromatic heterocycles.